The minimum Gasteiger partial charge on any atom is -0.349 e. The molecule has 6 fully saturated rings. The molecule has 37 heteroatoms. The average molecular weight is 2080 g/mol. The maximum atomic E-state index is 7.00. The van der Waals surface area contributed by atoms with Crippen molar-refractivity contribution in [3.8, 4) is 102 Å². The Hall–Kier alpha value is -13.6. The largest absolute Gasteiger partial charge is 0.349 e. The van der Waals surface area contributed by atoms with Crippen LogP contribution in [-0.2, 0) is 53.7 Å². The molecule has 0 radical (unpaired) electrons. The van der Waals surface area contributed by atoms with Gasteiger partial charge in [-0.05, 0) is 146 Å². The number of aromatic nitrogens is 25. The number of halogens is 5. The first-order chi connectivity index (χ1) is 72.5. The number of piperazine rings is 2. The second-order valence-corrected chi connectivity index (χ2v) is 40.9. The number of hydrogen-bond donors (Lipinski definition) is 3. The third kappa shape index (κ3) is 20.6. The number of piperidine rings is 1. The Bertz CT molecular complexity index is 7780. The zero-order valence-electron chi connectivity index (χ0n) is 83.6. The molecule has 148 heavy (non-hydrogen) atoms. The predicted octanol–water partition coefficient (Wildman–Crippen LogP) is 19.3. The molecular weight excluding hydrogens is 1960 g/mol. The zero-order chi connectivity index (χ0) is 101. The second-order valence-electron chi connectivity index (χ2n) is 39.1. The van der Waals surface area contributed by atoms with E-state index in [1.165, 1.54) is 31.4 Å². The van der Waals surface area contributed by atoms with Gasteiger partial charge in [0.15, 0.2) is 39.9 Å². The molecule has 756 valence electrons. The lowest BCUT2D eigenvalue weighted by atomic mass is 10.00. The van der Waals surface area contributed by atoms with Crippen LogP contribution in [0.1, 0.15) is 70.0 Å². The number of likely N-dealkylation sites (N-methyl/N-ethyl adjacent to an activating group) is 2. The summed E-state index contributed by atoms with van der Waals surface area (Å²) in [4.78, 5) is 9.68. The first-order valence-corrected chi connectivity index (χ1v) is 53.0. The van der Waals surface area contributed by atoms with Gasteiger partial charge in [-0.3, -0.25) is 9.80 Å². The quantitative estimate of drug-likeness (QED) is 0.0568. The highest BCUT2D eigenvalue weighted by molar-refractivity contribution is 6.41. The van der Waals surface area contributed by atoms with Crippen molar-refractivity contribution in [2.45, 2.75) is 121 Å². The fourth-order valence-electron chi connectivity index (χ4n) is 21.2. The summed E-state index contributed by atoms with van der Waals surface area (Å²) in [5.41, 5.74) is 18.7. The number of rotatable bonds is 22. The van der Waals surface area contributed by atoms with Crippen molar-refractivity contribution >= 4 is 113 Å². The Morgan fingerprint density at radius 1 is 0.311 bits per heavy atom. The second kappa shape index (κ2) is 44.4. The summed E-state index contributed by atoms with van der Waals surface area (Å²) in [5.74, 6) is 1.60. The van der Waals surface area contributed by atoms with Crippen molar-refractivity contribution in [1.82, 2.24) is 158 Å². The summed E-state index contributed by atoms with van der Waals surface area (Å²) in [6.45, 7) is 17.8. The summed E-state index contributed by atoms with van der Waals surface area (Å²) in [6.07, 6.45) is 22.3. The van der Waals surface area contributed by atoms with Gasteiger partial charge in [-0.2, -0.15) is 25.5 Å². The molecule has 20 aromatic rings. The average Bonchev–Trinajstić information content (AvgIpc) is 1.62. The van der Waals surface area contributed by atoms with E-state index in [1.54, 1.807) is 0 Å². The van der Waals surface area contributed by atoms with E-state index in [1.807, 2.05) is 264 Å². The van der Waals surface area contributed by atoms with Crippen molar-refractivity contribution in [2.75, 3.05) is 92.6 Å². The van der Waals surface area contributed by atoms with E-state index in [-0.39, 0.29) is 0 Å². The summed E-state index contributed by atoms with van der Waals surface area (Å²) in [5, 5.41) is 88.2. The molecular formula is C111H117Cl5N32. The van der Waals surface area contributed by atoms with Crippen LogP contribution in [0, 0.1) is 0 Å². The standard InChI is InChI=1S/C24H28ClN7.C23H23ClN6.C22H24ClN7.2C21H21ClN6/c1-3-19-10-7-11-31(19)24-20-21(25)22(18-8-5-4-6-9-18)26-27-23(20)32(28-24)17-16-30-14-12-29(2)13-15-30;1-29-11-5-8-18(29)22-19-20(24)21(14-6-3-2-4-7-14)26-27-23(19)30(28-22)17-12-15-9-10-16(13-17)25-15;1-27-11-13-28(14-12-27)15-16-30-21-18(22(26-30)29-9-5-6-10-29)19(23)20(24-25-21)17-7-3-2-4-8-17;2*1-27-12-6-10-16(27)20-17-18(22)19(14-7-3-2-4-8-14)24-25-21(17)28(26-20)13-15-9-5-11-23-15/h4-11H,3,12-17H2,1-2H3;2-8,11,15-17,25H,9-10,12-13H2,1H3;2-10H,11-16H2,1H3;2*2-4,6-8,10,12,15,23H,5,9,11,13H2,1H3/t;15-,16+,17?;;2*15-/m...10/s1. The molecule has 0 spiro atoms. The van der Waals surface area contributed by atoms with Crippen LogP contribution in [-0.4, -0.2) is 259 Å². The summed E-state index contributed by atoms with van der Waals surface area (Å²) >= 11 is 34.7. The van der Waals surface area contributed by atoms with Gasteiger partial charge in [0, 0.05) is 181 Å². The van der Waals surface area contributed by atoms with E-state index < -0.39 is 0 Å². The van der Waals surface area contributed by atoms with E-state index >= 15 is 0 Å². The normalized spacial score (nSPS) is 17.7. The highest BCUT2D eigenvalue weighted by Gasteiger charge is 2.38. The van der Waals surface area contributed by atoms with Crippen molar-refractivity contribution < 1.29 is 0 Å². The molecule has 6 aliphatic rings. The lowest BCUT2D eigenvalue weighted by Crippen LogP contribution is -2.45. The molecule has 0 amide bonds. The Labute approximate surface area is 882 Å². The molecule has 6 aliphatic heterocycles. The Kier molecular flexibility index (Phi) is 29.8. The van der Waals surface area contributed by atoms with Crippen LogP contribution in [0.3, 0.4) is 0 Å². The van der Waals surface area contributed by atoms with Crippen LogP contribution in [0.4, 0.5) is 0 Å². The minimum atomic E-state index is 0.313. The number of aryl methyl sites for hydroxylation is 4. The number of nitrogens with zero attached hydrogens (tertiary/aromatic N) is 29. The highest BCUT2D eigenvalue weighted by Crippen LogP contribution is 2.46. The molecule has 15 aromatic heterocycles. The highest BCUT2D eigenvalue weighted by atomic mass is 35.5. The van der Waals surface area contributed by atoms with Crippen LogP contribution in [0.15, 0.2) is 250 Å². The summed E-state index contributed by atoms with van der Waals surface area (Å²) in [6, 6.07) is 72.4. The number of benzene rings is 5. The van der Waals surface area contributed by atoms with Crippen LogP contribution in [0.25, 0.3) is 157 Å². The molecule has 21 heterocycles. The fourth-order valence-corrected chi connectivity index (χ4v) is 22.8. The molecule has 3 N–H and O–H groups in total. The Morgan fingerprint density at radius 3 is 1.02 bits per heavy atom. The van der Waals surface area contributed by atoms with Crippen molar-refractivity contribution in [2.24, 2.45) is 21.1 Å². The van der Waals surface area contributed by atoms with Gasteiger partial charge in [-0.1, -0.05) is 217 Å². The van der Waals surface area contributed by atoms with E-state index in [9.17, 15) is 0 Å². The molecule has 26 rings (SSSR count). The van der Waals surface area contributed by atoms with Crippen LogP contribution in [0.5, 0.6) is 0 Å². The van der Waals surface area contributed by atoms with Gasteiger partial charge in [0.2, 0.25) is 0 Å². The molecule has 32 nitrogen and oxygen atoms in total. The monoisotopic (exact) mass is 2070 g/mol. The van der Waals surface area contributed by atoms with E-state index in [4.69, 9.17) is 83.5 Å². The van der Waals surface area contributed by atoms with Gasteiger partial charge in [-0.15, -0.1) is 51.0 Å². The van der Waals surface area contributed by atoms with Crippen molar-refractivity contribution in [1.29, 1.82) is 0 Å². The minimum absolute atomic E-state index is 0.313. The predicted molar refractivity (Wildman–Crippen MR) is 588 cm³/mol. The lowest BCUT2D eigenvalue weighted by molar-refractivity contribution is 0.149. The summed E-state index contributed by atoms with van der Waals surface area (Å²) < 4.78 is 20.2. The van der Waals surface area contributed by atoms with Gasteiger partial charge in [0.05, 0.1) is 101 Å². The van der Waals surface area contributed by atoms with Crippen LogP contribution >= 0.6 is 58.0 Å². The Balaban J connectivity index is 0.000000105. The fraction of sp³-hybridized carbons (Fsp3) is 0.324. The van der Waals surface area contributed by atoms with Gasteiger partial charge >= 0.3 is 0 Å². The topological polar surface area (TPSA) is 292 Å². The molecule has 1 unspecified atom stereocenters. The van der Waals surface area contributed by atoms with Gasteiger partial charge in [-0.25, -0.2) is 23.4 Å². The smallest absolute Gasteiger partial charge is 0.184 e. The SMILES string of the molecule is CCc1cccn1-c1nn(CCN2CCN(C)CC2)c2nnc(-c3ccccc3)c(Cl)c12.CN1CCN(CCn2nc(-n3cccc3)c3c(Cl)c(-c4ccccc4)nnc32)CC1.Cn1cccc1-c1nn(C2C[C@H]3CC[C@@H](C2)N3)c2nnc(-c3ccccc3)c(Cl)c12.Cn1cccc1-c1nn(C[C@@H]2CCCN2)c2nnc(-c3ccccc3)c(Cl)c12.Cn1cccc1-c1nn(C[C@H]2CCCN2)c2nnc(-c3ccccc3)c(Cl)c12. The van der Waals surface area contributed by atoms with Crippen molar-refractivity contribution in [3.63, 3.8) is 0 Å². The van der Waals surface area contributed by atoms with E-state index in [2.05, 4.69) is 161 Å². The molecule has 0 aliphatic carbocycles. The number of hydrogen-bond acceptors (Lipinski definition) is 22. The maximum absolute atomic E-state index is 7.00. The summed E-state index contributed by atoms with van der Waals surface area (Å²) in [7, 11) is 10.4. The first-order valence-electron chi connectivity index (χ1n) is 51.1. The molecule has 0 saturated carbocycles. The van der Waals surface area contributed by atoms with Gasteiger partial charge in [0.25, 0.3) is 0 Å². The van der Waals surface area contributed by atoms with E-state index in [0.717, 1.165) is 266 Å². The molecule has 6 saturated heterocycles. The van der Waals surface area contributed by atoms with Gasteiger partial charge < -0.3 is 48.6 Å². The molecule has 5 aromatic carbocycles. The first kappa shape index (κ1) is 99.1. The van der Waals surface area contributed by atoms with Crippen LogP contribution < -0.4 is 16.0 Å². The molecule has 2 bridgehead atoms. The van der Waals surface area contributed by atoms with Crippen molar-refractivity contribution in [3.05, 3.63) is 280 Å². The number of fused-ring (bicyclic) bond motifs is 7. The lowest BCUT2D eigenvalue weighted by Gasteiger charge is -2.32. The third-order valence-electron chi connectivity index (χ3n) is 29.3. The van der Waals surface area contributed by atoms with Gasteiger partial charge in [0.1, 0.15) is 45.6 Å². The Morgan fingerprint density at radius 2 is 0.655 bits per heavy atom. The maximum Gasteiger partial charge on any atom is 0.184 e. The third-order valence-corrected chi connectivity index (χ3v) is 31.2. The number of nitrogens with one attached hydrogen (secondary N) is 3. The van der Waals surface area contributed by atoms with E-state index in [0.29, 0.717) is 83.8 Å². The van der Waals surface area contributed by atoms with Crippen LogP contribution in [0.2, 0.25) is 25.1 Å². The molecule has 5 atom stereocenters. The zero-order valence-corrected chi connectivity index (χ0v) is 87.4.